The first-order valence-electron chi connectivity index (χ1n) is 5.00. The van der Waals surface area contributed by atoms with Gasteiger partial charge in [-0.25, -0.2) is 0 Å². The summed E-state index contributed by atoms with van der Waals surface area (Å²) in [4.78, 5) is 11.6. The van der Waals surface area contributed by atoms with Gasteiger partial charge in [0.1, 0.15) is 5.82 Å². The van der Waals surface area contributed by atoms with Gasteiger partial charge in [0.15, 0.2) is 5.69 Å². The Bertz CT molecular complexity index is 341. The normalized spacial score (nSPS) is 11.9. The van der Waals surface area contributed by atoms with E-state index in [4.69, 9.17) is 0 Å². The van der Waals surface area contributed by atoms with Crippen molar-refractivity contribution >= 4 is 23.5 Å². The molecule has 0 bridgehead atoms. The predicted octanol–water partition coefficient (Wildman–Crippen LogP) is 1.000. The first kappa shape index (κ1) is 12.8. The number of carbonyl (C=O) groups is 1. The van der Waals surface area contributed by atoms with Crippen LogP contribution in [0.4, 0.5) is 5.82 Å². The summed E-state index contributed by atoms with van der Waals surface area (Å²) in [6, 6.07) is 3.37. The number of amides is 1. The number of rotatable bonds is 5. The summed E-state index contributed by atoms with van der Waals surface area (Å²) in [6.07, 6.45) is 2.01. The molecule has 16 heavy (non-hydrogen) atoms. The van der Waals surface area contributed by atoms with Gasteiger partial charge in [0.05, 0.1) is 0 Å². The molecule has 1 rings (SSSR count). The van der Waals surface area contributed by atoms with E-state index in [1.165, 1.54) is 0 Å². The molecule has 0 saturated heterocycles. The molecule has 0 fully saturated rings. The molecule has 0 saturated carbocycles. The lowest BCUT2D eigenvalue weighted by atomic mass is 10.3. The summed E-state index contributed by atoms with van der Waals surface area (Å²) in [6.45, 7) is 2.69. The Morgan fingerprint density at radius 2 is 2.25 bits per heavy atom. The minimum Gasteiger partial charge on any atom is -0.372 e. The number of hydrogen-bond acceptors (Lipinski definition) is 5. The quantitative estimate of drug-likeness (QED) is 0.803. The average molecular weight is 240 g/mol. The maximum absolute atomic E-state index is 11.6. The van der Waals surface area contributed by atoms with Crippen LogP contribution in [0.25, 0.3) is 0 Å². The van der Waals surface area contributed by atoms with Gasteiger partial charge in [-0.05, 0) is 18.4 Å². The number of anilines is 1. The van der Waals surface area contributed by atoms with Crippen LogP contribution in [-0.2, 0) is 0 Å². The van der Waals surface area contributed by atoms with Gasteiger partial charge in [0.25, 0.3) is 5.91 Å². The summed E-state index contributed by atoms with van der Waals surface area (Å²) < 4.78 is 0. The first-order chi connectivity index (χ1) is 7.67. The second-order valence-electron chi connectivity index (χ2n) is 3.31. The number of hydrogen-bond donors (Lipinski definition) is 2. The molecule has 1 aromatic rings. The molecule has 1 heterocycles. The van der Waals surface area contributed by atoms with Crippen LogP contribution in [-0.4, -0.2) is 41.2 Å². The molecule has 0 aliphatic rings. The Kier molecular flexibility index (Phi) is 5.04. The van der Waals surface area contributed by atoms with Crippen molar-refractivity contribution in [3.05, 3.63) is 17.8 Å². The molecule has 2 N–H and O–H groups in total. The standard InChI is InChI=1S/C10H16N4OS/c1-7(16-3)6-12-10(15)8-4-5-9(11-2)14-13-8/h4-5,7H,6H2,1-3H3,(H,11,14)(H,12,15). The molecule has 1 aromatic heterocycles. The van der Waals surface area contributed by atoms with Crippen LogP contribution in [0.15, 0.2) is 12.1 Å². The second kappa shape index (κ2) is 6.32. The Morgan fingerprint density at radius 1 is 1.50 bits per heavy atom. The predicted molar refractivity (Wildman–Crippen MR) is 66.9 cm³/mol. The van der Waals surface area contributed by atoms with Crippen LogP contribution >= 0.6 is 11.8 Å². The molecule has 1 atom stereocenters. The Morgan fingerprint density at radius 3 is 2.75 bits per heavy atom. The van der Waals surface area contributed by atoms with E-state index in [1.54, 1.807) is 30.9 Å². The fourth-order valence-corrected chi connectivity index (χ4v) is 1.25. The van der Waals surface area contributed by atoms with Gasteiger partial charge in [0, 0.05) is 18.8 Å². The summed E-state index contributed by atoms with van der Waals surface area (Å²) in [5.41, 5.74) is 0.340. The van der Waals surface area contributed by atoms with E-state index in [9.17, 15) is 4.79 Å². The monoisotopic (exact) mass is 240 g/mol. The van der Waals surface area contributed by atoms with Gasteiger partial charge in [-0.15, -0.1) is 10.2 Å². The highest BCUT2D eigenvalue weighted by atomic mass is 32.2. The van der Waals surface area contributed by atoms with Gasteiger partial charge >= 0.3 is 0 Å². The molecule has 1 unspecified atom stereocenters. The minimum absolute atomic E-state index is 0.184. The molecule has 1 amide bonds. The third kappa shape index (κ3) is 3.69. The topological polar surface area (TPSA) is 66.9 Å². The zero-order valence-electron chi connectivity index (χ0n) is 9.65. The van der Waals surface area contributed by atoms with Gasteiger partial charge in [-0.3, -0.25) is 4.79 Å². The lowest BCUT2D eigenvalue weighted by Gasteiger charge is -2.09. The third-order valence-electron chi connectivity index (χ3n) is 2.11. The number of nitrogens with one attached hydrogen (secondary N) is 2. The zero-order chi connectivity index (χ0) is 12.0. The highest BCUT2D eigenvalue weighted by Crippen LogP contribution is 2.04. The summed E-state index contributed by atoms with van der Waals surface area (Å²) in [5.74, 6) is 0.463. The number of carbonyl (C=O) groups excluding carboxylic acids is 1. The summed E-state index contributed by atoms with van der Waals surface area (Å²) >= 11 is 1.71. The Labute approximate surface area is 99.4 Å². The average Bonchev–Trinajstić information content (AvgIpc) is 2.35. The van der Waals surface area contributed by atoms with E-state index in [2.05, 4.69) is 27.8 Å². The maximum atomic E-state index is 11.6. The maximum Gasteiger partial charge on any atom is 0.271 e. The molecule has 0 aliphatic heterocycles. The van der Waals surface area contributed by atoms with Gasteiger partial charge < -0.3 is 10.6 Å². The van der Waals surface area contributed by atoms with Crippen LogP contribution in [0.2, 0.25) is 0 Å². The van der Waals surface area contributed by atoms with Crippen molar-refractivity contribution in [3.63, 3.8) is 0 Å². The summed E-state index contributed by atoms with van der Waals surface area (Å²) in [5, 5.41) is 13.7. The molecule has 6 heteroatoms. The van der Waals surface area contributed by atoms with Crippen LogP contribution in [0.3, 0.4) is 0 Å². The molecular formula is C10H16N4OS. The fraction of sp³-hybridized carbons (Fsp3) is 0.500. The number of aromatic nitrogens is 2. The van der Waals surface area contributed by atoms with E-state index < -0.39 is 0 Å². The van der Waals surface area contributed by atoms with Crippen molar-refractivity contribution in [2.24, 2.45) is 0 Å². The first-order valence-corrected chi connectivity index (χ1v) is 6.28. The van der Waals surface area contributed by atoms with Crippen molar-refractivity contribution in [2.75, 3.05) is 25.2 Å². The molecule has 88 valence electrons. The van der Waals surface area contributed by atoms with Crippen molar-refractivity contribution in [3.8, 4) is 0 Å². The van der Waals surface area contributed by atoms with Crippen LogP contribution < -0.4 is 10.6 Å². The Balaban J connectivity index is 2.52. The summed E-state index contributed by atoms with van der Waals surface area (Å²) in [7, 11) is 1.75. The van der Waals surface area contributed by atoms with Crippen molar-refractivity contribution in [1.29, 1.82) is 0 Å². The SMILES string of the molecule is CNc1ccc(C(=O)NCC(C)SC)nn1. The molecule has 0 aliphatic carbocycles. The van der Waals surface area contributed by atoms with E-state index in [1.807, 2.05) is 6.26 Å². The molecule has 0 spiro atoms. The van der Waals surface area contributed by atoms with Crippen LogP contribution in [0.1, 0.15) is 17.4 Å². The van der Waals surface area contributed by atoms with E-state index in [0.717, 1.165) is 0 Å². The third-order valence-corrected chi connectivity index (χ3v) is 3.08. The molecule has 0 aromatic carbocycles. The Hall–Kier alpha value is -1.30. The molecule has 5 nitrogen and oxygen atoms in total. The van der Waals surface area contributed by atoms with Crippen LogP contribution in [0, 0.1) is 0 Å². The largest absolute Gasteiger partial charge is 0.372 e. The lowest BCUT2D eigenvalue weighted by molar-refractivity contribution is 0.0948. The van der Waals surface area contributed by atoms with E-state index in [-0.39, 0.29) is 5.91 Å². The zero-order valence-corrected chi connectivity index (χ0v) is 10.5. The smallest absolute Gasteiger partial charge is 0.271 e. The number of nitrogens with zero attached hydrogens (tertiary/aromatic N) is 2. The van der Waals surface area contributed by atoms with Crippen molar-refractivity contribution < 1.29 is 4.79 Å². The van der Waals surface area contributed by atoms with Gasteiger partial charge in [-0.2, -0.15) is 11.8 Å². The lowest BCUT2D eigenvalue weighted by Crippen LogP contribution is -2.30. The highest BCUT2D eigenvalue weighted by molar-refractivity contribution is 7.99. The van der Waals surface area contributed by atoms with Crippen molar-refractivity contribution in [2.45, 2.75) is 12.2 Å². The van der Waals surface area contributed by atoms with Gasteiger partial charge in [0.2, 0.25) is 0 Å². The number of thioether (sulfide) groups is 1. The highest BCUT2D eigenvalue weighted by Gasteiger charge is 2.08. The minimum atomic E-state index is -0.184. The molecular weight excluding hydrogens is 224 g/mol. The fourth-order valence-electron chi connectivity index (χ4n) is 0.997. The second-order valence-corrected chi connectivity index (χ2v) is 4.59. The van der Waals surface area contributed by atoms with E-state index in [0.29, 0.717) is 23.3 Å². The van der Waals surface area contributed by atoms with Gasteiger partial charge in [-0.1, -0.05) is 6.92 Å². The molecule has 0 radical (unpaired) electrons. The van der Waals surface area contributed by atoms with Crippen molar-refractivity contribution in [1.82, 2.24) is 15.5 Å². The van der Waals surface area contributed by atoms with E-state index >= 15 is 0 Å². The van der Waals surface area contributed by atoms with Crippen LogP contribution in [0.5, 0.6) is 0 Å².